The molecule has 0 heterocycles. The maximum absolute atomic E-state index is 5.39. The minimum Gasteiger partial charge on any atom is -0.382 e. The molecule has 18 heavy (non-hydrogen) atoms. The van der Waals surface area contributed by atoms with E-state index < -0.39 is 0 Å². The second-order valence-electron chi connectivity index (χ2n) is 4.00. The number of ether oxygens (including phenoxy) is 2. The lowest BCUT2D eigenvalue weighted by Gasteiger charge is -2.11. The molecule has 0 amide bonds. The number of hydrogen-bond donors (Lipinski definition) is 2. The first kappa shape index (κ1) is 17.2. The van der Waals surface area contributed by atoms with Crippen LogP contribution in [-0.2, 0) is 9.47 Å². The van der Waals surface area contributed by atoms with Gasteiger partial charge in [-0.2, -0.15) is 0 Å². The van der Waals surface area contributed by atoms with Gasteiger partial charge in [-0.3, -0.25) is 4.99 Å². The Bertz CT molecular complexity index is 199. The van der Waals surface area contributed by atoms with Crippen molar-refractivity contribution < 1.29 is 9.47 Å². The van der Waals surface area contributed by atoms with E-state index in [2.05, 4.69) is 29.5 Å². The van der Waals surface area contributed by atoms with E-state index in [0.29, 0.717) is 13.2 Å². The number of unbranched alkanes of at least 4 members (excludes halogenated alkanes) is 1. The smallest absolute Gasteiger partial charge is 0.191 e. The highest BCUT2D eigenvalue weighted by Crippen LogP contribution is 1.89. The molecule has 0 bridgehead atoms. The number of nitrogens with zero attached hydrogens (tertiary/aromatic N) is 1. The molecule has 5 nitrogen and oxygen atoms in total. The van der Waals surface area contributed by atoms with Crippen LogP contribution in [0.4, 0.5) is 0 Å². The second-order valence-corrected chi connectivity index (χ2v) is 4.00. The van der Waals surface area contributed by atoms with Gasteiger partial charge in [-0.1, -0.05) is 6.92 Å². The van der Waals surface area contributed by atoms with Gasteiger partial charge in [0.1, 0.15) is 0 Å². The van der Waals surface area contributed by atoms with Gasteiger partial charge in [-0.15, -0.1) is 0 Å². The summed E-state index contributed by atoms with van der Waals surface area (Å²) in [5.41, 5.74) is 0. The van der Waals surface area contributed by atoms with Crippen LogP contribution in [0.25, 0.3) is 0 Å². The normalized spacial score (nSPS) is 11.6. The van der Waals surface area contributed by atoms with E-state index in [1.54, 1.807) is 7.11 Å². The van der Waals surface area contributed by atoms with Crippen molar-refractivity contribution in [2.45, 2.75) is 33.1 Å². The van der Waals surface area contributed by atoms with E-state index in [0.717, 1.165) is 51.5 Å². The third kappa shape index (κ3) is 11.7. The summed E-state index contributed by atoms with van der Waals surface area (Å²) in [6, 6.07) is 0. The van der Waals surface area contributed by atoms with Crippen molar-refractivity contribution in [2.75, 3.05) is 46.6 Å². The van der Waals surface area contributed by atoms with Crippen LogP contribution < -0.4 is 10.6 Å². The van der Waals surface area contributed by atoms with Gasteiger partial charge < -0.3 is 20.1 Å². The predicted octanol–water partition coefficient (Wildman–Crippen LogP) is 1.39. The largest absolute Gasteiger partial charge is 0.382 e. The molecule has 0 spiro atoms. The topological polar surface area (TPSA) is 54.9 Å². The number of guanidine groups is 1. The van der Waals surface area contributed by atoms with Gasteiger partial charge in [0.25, 0.3) is 0 Å². The van der Waals surface area contributed by atoms with Crippen LogP contribution in [-0.4, -0.2) is 52.5 Å². The minimum atomic E-state index is 0.673. The zero-order valence-electron chi connectivity index (χ0n) is 12.1. The van der Waals surface area contributed by atoms with Crippen LogP contribution in [0.3, 0.4) is 0 Å². The van der Waals surface area contributed by atoms with E-state index in [1.807, 2.05) is 0 Å². The number of hydrogen-bond acceptors (Lipinski definition) is 3. The van der Waals surface area contributed by atoms with E-state index in [9.17, 15) is 0 Å². The van der Waals surface area contributed by atoms with Crippen LogP contribution in [0.5, 0.6) is 0 Å². The van der Waals surface area contributed by atoms with Gasteiger partial charge in [-0.25, -0.2) is 0 Å². The standard InChI is InChI=1S/C13H29N3O2/c1-4-8-15-13(14-5-2)16-9-6-7-10-18-12-11-17-3/h4-12H2,1-3H3,(H2,14,15,16). The van der Waals surface area contributed by atoms with Gasteiger partial charge in [0.2, 0.25) is 0 Å². The zero-order chi connectivity index (χ0) is 13.5. The molecular weight excluding hydrogens is 230 g/mol. The molecular formula is C13H29N3O2. The first-order valence-electron chi connectivity index (χ1n) is 6.94. The average Bonchev–Trinajstić information content (AvgIpc) is 2.39. The van der Waals surface area contributed by atoms with Crippen molar-refractivity contribution in [1.82, 2.24) is 10.6 Å². The van der Waals surface area contributed by atoms with E-state index in [-0.39, 0.29) is 0 Å². The van der Waals surface area contributed by atoms with Crippen LogP contribution in [0.15, 0.2) is 4.99 Å². The Balaban J connectivity index is 3.43. The molecule has 2 N–H and O–H groups in total. The van der Waals surface area contributed by atoms with E-state index in [4.69, 9.17) is 9.47 Å². The Morgan fingerprint density at radius 3 is 2.56 bits per heavy atom. The maximum atomic E-state index is 5.39. The molecule has 108 valence electrons. The first-order valence-corrected chi connectivity index (χ1v) is 6.94. The lowest BCUT2D eigenvalue weighted by Crippen LogP contribution is -2.37. The molecule has 0 aromatic carbocycles. The fourth-order valence-electron chi connectivity index (χ4n) is 1.35. The Morgan fingerprint density at radius 1 is 1.06 bits per heavy atom. The van der Waals surface area contributed by atoms with Crippen molar-refractivity contribution in [1.29, 1.82) is 0 Å². The lowest BCUT2D eigenvalue weighted by molar-refractivity contribution is 0.0689. The number of rotatable bonds is 11. The molecule has 0 saturated carbocycles. The summed E-state index contributed by atoms with van der Waals surface area (Å²) in [5, 5.41) is 6.54. The summed E-state index contributed by atoms with van der Waals surface area (Å²) in [6.07, 6.45) is 3.22. The Kier molecular flexibility index (Phi) is 13.6. The van der Waals surface area contributed by atoms with Crippen molar-refractivity contribution in [2.24, 2.45) is 4.99 Å². The highest BCUT2D eigenvalue weighted by atomic mass is 16.5. The molecule has 0 rings (SSSR count). The van der Waals surface area contributed by atoms with E-state index in [1.165, 1.54) is 0 Å². The lowest BCUT2D eigenvalue weighted by atomic mass is 10.3. The third-order valence-electron chi connectivity index (χ3n) is 2.28. The van der Waals surface area contributed by atoms with Crippen LogP contribution in [0.1, 0.15) is 33.1 Å². The molecule has 0 aliphatic heterocycles. The van der Waals surface area contributed by atoms with Crippen molar-refractivity contribution >= 4 is 5.96 Å². The van der Waals surface area contributed by atoms with Gasteiger partial charge in [0.15, 0.2) is 5.96 Å². The third-order valence-corrected chi connectivity index (χ3v) is 2.28. The highest BCUT2D eigenvalue weighted by Gasteiger charge is 1.95. The molecule has 0 saturated heterocycles. The molecule has 5 heteroatoms. The number of nitrogens with one attached hydrogen (secondary N) is 2. The van der Waals surface area contributed by atoms with Crippen LogP contribution in [0.2, 0.25) is 0 Å². The van der Waals surface area contributed by atoms with E-state index >= 15 is 0 Å². The van der Waals surface area contributed by atoms with Crippen LogP contribution in [0, 0.1) is 0 Å². The molecule has 0 aromatic heterocycles. The Morgan fingerprint density at radius 2 is 1.89 bits per heavy atom. The average molecular weight is 259 g/mol. The molecule has 0 atom stereocenters. The van der Waals surface area contributed by atoms with Crippen molar-refractivity contribution in [3.8, 4) is 0 Å². The first-order chi connectivity index (χ1) is 8.85. The van der Waals surface area contributed by atoms with Gasteiger partial charge >= 0.3 is 0 Å². The maximum Gasteiger partial charge on any atom is 0.191 e. The summed E-state index contributed by atoms with van der Waals surface area (Å²) in [4.78, 5) is 4.44. The summed E-state index contributed by atoms with van der Waals surface area (Å²) >= 11 is 0. The molecule has 0 aromatic rings. The van der Waals surface area contributed by atoms with Gasteiger partial charge in [0, 0.05) is 33.4 Å². The highest BCUT2D eigenvalue weighted by molar-refractivity contribution is 5.79. The monoisotopic (exact) mass is 259 g/mol. The fraction of sp³-hybridized carbons (Fsp3) is 0.923. The Labute approximate surface area is 111 Å². The zero-order valence-corrected chi connectivity index (χ0v) is 12.1. The molecule has 0 unspecified atom stereocenters. The molecule has 0 aliphatic rings. The predicted molar refractivity (Wildman–Crippen MR) is 76.2 cm³/mol. The SMILES string of the molecule is CCCN=C(NCC)NCCCCOCCOC. The number of aliphatic imine (C=N–C) groups is 1. The number of methoxy groups -OCH3 is 1. The summed E-state index contributed by atoms with van der Waals surface area (Å²) in [5.74, 6) is 0.916. The summed E-state index contributed by atoms with van der Waals surface area (Å²) in [6.45, 7) is 9.07. The molecule has 0 fully saturated rings. The van der Waals surface area contributed by atoms with Crippen molar-refractivity contribution in [3.05, 3.63) is 0 Å². The quantitative estimate of drug-likeness (QED) is 0.334. The summed E-state index contributed by atoms with van der Waals surface area (Å²) in [7, 11) is 1.69. The van der Waals surface area contributed by atoms with Gasteiger partial charge in [0.05, 0.1) is 13.2 Å². The second kappa shape index (κ2) is 14.3. The Hall–Kier alpha value is -0.810. The minimum absolute atomic E-state index is 0.673. The van der Waals surface area contributed by atoms with Gasteiger partial charge in [-0.05, 0) is 26.2 Å². The summed E-state index contributed by atoms with van der Waals surface area (Å²) < 4.78 is 10.3. The van der Waals surface area contributed by atoms with Crippen molar-refractivity contribution in [3.63, 3.8) is 0 Å². The molecule has 0 radical (unpaired) electrons. The fourth-order valence-corrected chi connectivity index (χ4v) is 1.35. The van der Waals surface area contributed by atoms with Crippen LogP contribution >= 0.6 is 0 Å². The molecule has 0 aliphatic carbocycles.